The Morgan fingerprint density at radius 2 is 1.80 bits per heavy atom. The van der Waals surface area contributed by atoms with Crippen molar-refractivity contribution in [3.63, 3.8) is 0 Å². The van der Waals surface area contributed by atoms with Crippen molar-refractivity contribution in [1.82, 2.24) is 4.90 Å². The summed E-state index contributed by atoms with van der Waals surface area (Å²) in [6.45, 7) is 0.173. The maximum absolute atomic E-state index is 14.0. The lowest BCUT2D eigenvalue weighted by atomic mass is 10.1. The molecular formula is C23H18F2N2O3. The zero-order chi connectivity index (χ0) is 21.1. The molecule has 152 valence electrons. The average molecular weight is 408 g/mol. The van der Waals surface area contributed by atoms with Crippen molar-refractivity contribution in [1.29, 1.82) is 0 Å². The van der Waals surface area contributed by atoms with Crippen LogP contribution >= 0.6 is 0 Å². The van der Waals surface area contributed by atoms with E-state index < -0.39 is 5.82 Å². The Labute approximate surface area is 171 Å². The number of halogens is 2. The number of benzene rings is 3. The summed E-state index contributed by atoms with van der Waals surface area (Å²) in [6.07, 6.45) is 0. The second-order valence-corrected chi connectivity index (χ2v) is 6.91. The molecule has 0 aromatic heterocycles. The van der Waals surface area contributed by atoms with Crippen molar-refractivity contribution in [2.75, 3.05) is 11.9 Å². The average Bonchev–Trinajstić information content (AvgIpc) is 2.89. The fourth-order valence-electron chi connectivity index (χ4n) is 3.23. The number of amides is 2. The molecule has 3 aromatic carbocycles. The minimum absolute atomic E-state index is 0.112. The summed E-state index contributed by atoms with van der Waals surface area (Å²) in [5.74, 6) is -0.918. The standard InChI is InChI=1S/C23H18F2N2O3/c24-18-7-5-15(6-8-18)23(29)26-19-9-10-21-17(11-19)13-27(22(28)14-30-21)12-16-3-1-2-4-20(16)25/h1-11H,12-14H2,(H,26,29). The van der Waals surface area contributed by atoms with Gasteiger partial charge in [-0.1, -0.05) is 18.2 Å². The molecule has 1 aliphatic heterocycles. The van der Waals surface area contributed by atoms with E-state index in [4.69, 9.17) is 4.74 Å². The highest BCUT2D eigenvalue weighted by Crippen LogP contribution is 2.28. The summed E-state index contributed by atoms with van der Waals surface area (Å²) in [5.41, 5.74) is 1.93. The van der Waals surface area contributed by atoms with E-state index in [1.807, 2.05) is 0 Å². The van der Waals surface area contributed by atoms with Gasteiger partial charge < -0.3 is 15.0 Å². The van der Waals surface area contributed by atoms with E-state index in [0.717, 1.165) is 0 Å². The SMILES string of the molecule is O=C(Nc1ccc2c(c1)CN(Cc1ccccc1F)C(=O)CO2)c1ccc(F)cc1. The molecule has 1 N–H and O–H groups in total. The molecule has 5 nitrogen and oxygen atoms in total. The van der Waals surface area contributed by atoms with Crippen molar-refractivity contribution in [2.24, 2.45) is 0 Å². The third-order valence-corrected chi connectivity index (χ3v) is 4.81. The van der Waals surface area contributed by atoms with E-state index in [1.165, 1.54) is 35.2 Å². The van der Waals surface area contributed by atoms with E-state index in [9.17, 15) is 18.4 Å². The van der Waals surface area contributed by atoms with Crippen LogP contribution in [-0.4, -0.2) is 23.3 Å². The number of nitrogens with zero attached hydrogens (tertiary/aromatic N) is 1. The van der Waals surface area contributed by atoms with Gasteiger partial charge in [0.2, 0.25) is 0 Å². The van der Waals surface area contributed by atoms with Crippen LogP contribution in [0.15, 0.2) is 66.7 Å². The van der Waals surface area contributed by atoms with Crippen LogP contribution in [0.1, 0.15) is 21.5 Å². The molecule has 0 saturated carbocycles. The Kier molecular flexibility index (Phi) is 5.43. The first-order valence-electron chi connectivity index (χ1n) is 9.33. The van der Waals surface area contributed by atoms with Crippen molar-refractivity contribution in [3.05, 3.63) is 95.1 Å². The third-order valence-electron chi connectivity index (χ3n) is 4.81. The van der Waals surface area contributed by atoms with Gasteiger partial charge in [-0.25, -0.2) is 8.78 Å². The van der Waals surface area contributed by atoms with Crippen molar-refractivity contribution >= 4 is 17.5 Å². The highest BCUT2D eigenvalue weighted by molar-refractivity contribution is 6.04. The van der Waals surface area contributed by atoms with E-state index in [-0.39, 0.29) is 37.3 Å². The molecule has 0 saturated heterocycles. The van der Waals surface area contributed by atoms with Crippen molar-refractivity contribution in [2.45, 2.75) is 13.1 Å². The lowest BCUT2D eigenvalue weighted by molar-refractivity contribution is -0.133. The molecular weight excluding hydrogens is 390 g/mol. The number of carbonyl (C=O) groups excluding carboxylic acids is 2. The molecule has 4 rings (SSSR count). The molecule has 0 spiro atoms. The van der Waals surface area contributed by atoms with Gasteiger partial charge in [-0.3, -0.25) is 9.59 Å². The number of rotatable bonds is 4. The van der Waals surface area contributed by atoms with Crippen molar-refractivity contribution in [3.8, 4) is 5.75 Å². The molecule has 30 heavy (non-hydrogen) atoms. The number of nitrogens with one attached hydrogen (secondary N) is 1. The van der Waals surface area contributed by atoms with Crippen LogP contribution in [0, 0.1) is 11.6 Å². The molecule has 1 aliphatic rings. The number of anilines is 1. The van der Waals surface area contributed by atoms with Gasteiger partial charge in [0.15, 0.2) is 6.61 Å². The number of hydrogen-bond acceptors (Lipinski definition) is 3. The largest absolute Gasteiger partial charge is 0.483 e. The zero-order valence-corrected chi connectivity index (χ0v) is 15.9. The Morgan fingerprint density at radius 1 is 1.03 bits per heavy atom. The van der Waals surface area contributed by atoms with Crippen LogP contribution in [-0.2, 0) is 17.9 Å². The maximum Gasteiger partial charge on any atom is 0.261 e. The quantitative estimate of drug-likeness (QED) is 0.706. The summed E-state index contributed by atoms with van der Waals surface area (Å²) in [7, 11) is 0. The highest BCUT2D eigenvalue weighted by Gasteiger charge is 2.23. The molecule has 3 aromatic rings. The Morgan fingerprint density at radius 3 is 2.57 bits per heavy atom. The maximum atomic E-state index is 14.0. The van der Waals surface area contributed by atoms with Gasteiger partial charge in [0.05, 0.1) is 0 Å². The predicted octanol–water partition coefficient (Wildman–Crippen LogP) is 4.14. The van der Waals surface area contributed by atoms with E-state index in [1.54, 1.807) is 36.4 Å². The highest BCUT2D eigenvalue weighted by atomic mass is 19.1. The molecule has 7 heteroatoms. The summed E-state index contributed by atoms with van der Waals surface area (Å²) in [4.78, 5) is 26.3. The molecule has 0 unspecified atom stereocenters. The van der Waals surface area contributed by atoms with E-state index >= 15 is 0 Å². The van der Waals surface area contributed by atoms with Gasteiger partial charge in [0, 0.05) is 35.5 Å². The van der Waals surface area contributed by atoms with Gasteiger partial charge in [0.25, 0.3) is 11.8 Å². The van der Waals surface area contributed by atoms with Crippen LogP contribution in [0.4, 0.5) is 14.5 Å². The van der Waals surface area contributed by atoms with Crippen LogP contribution in [0.2, 0.25) is 0 Å². The summed E-state index contributed by atoms with van der Waals surface area (Å²) < 4.78 is 32.7. The first-order chi connectivity index (χ1) is 14.5. The van der Waals surface area contributed by atoms with Crippen molar-refractivity contribution < 1.29 is 23.1 Å². The number of fused-ring (bicyclic) bond motifs is 1. The zero-order valence-electron chi connectivity index (χ0n) is 15.9. The molecule has 0 aliphatic carbocycles. The summed E-state index contributed by atoms with van der Waals surface area (Å²) in [6, 6.07) is 16.6. The van der Waals surface area contributed by atoms with E-state index in [0.29, 0.717) is 28.1 Å². The number of ether oxygens (including phenoxy) is 1. The first kappa shape index (κ1) is 19.6. The van der Waals surface area contributed by atoms with Crippen LogP contribution < -0.4 is 10.1 Å². The molecule has 0 radical (unpaired) electrons. The lowest BCUT2D eigenvalue weighted by Crippen LogP contribution is -2.32. The lowest BCUT2D eigenvalue weighted by Gasteiger charge is -2.20. The molecule has 1 heterocycles. The summed E-state index contributed by atoms with van der Waals surface area (Å²) in [5, 5.41) is 2.75. The summed E-state index contributed by atoms with van der Waals surface area (Å²) >= 11 is 0. The number of carbonyl (C=O) groups is 2. The smallest absolute Gasteiger partial charge is 0.261 e. The van der Waals surface area contributed by atoms with Gasteiger partial charge >= 0.3 is 0 Å². The molecule has 0 bridgehead atoms. The molecule has 0 atom stereocenters. The molecule has 0 fully saturated rings. The second-order valence-electron chi connectivity index (χ2n) is 6.91. The normalized spacial score (nSPS) is 13.3. The number of hydrogen-bond donors (Lipinski definition) is 1. The van der Waals surface area contributed by atoms with Gasteiger partial charge in [-0.15, -0.1) is 0 Å². The second kappa shape index (κ2) is 8.32. The topological polar surface area (TPSA) is 58.6 Å². The van der Waals surface area contributed by atoms with Gasteiger partial charge in [-0.05, 0) is 48.5 Å². The van der Waals surface area contributed by atoms with Gasteiger partial charge in [-0.2, -0.15) is 0 Å². The Balaban J connectivity index is 1.54. The minimum atomic E-state index is -0.423. The minimum Gasteiger partial charge on any atom is -0.483 e. The van der Waals surface area contributed by atoms with Crippen LogP contribution in [0.5, 0.6) is 5.75 Å². The Bertz CT molecular complexity index is 1100. The first-order valence-corrected chi connectivity index (χ1v) is 9.33. The fraction of sp³-hybridized carbons (Fsp3) is 0.130. The fourth-order valence-corrected chi connectivity index (χ4v) is 3.23. The molecule has 2 amide bonds. The van der Waals surface area contributed by atoms with Gasteiger partial charge in [0.1, 0.15) is 17.4 Å². The predicted molar refractivity (Wildman–Crippen MR) is 107 cm³/mol. The van der Waals surface area contributed by atoms with Crippen LogP contribution in [0.25, 0.3) is 0 Å². The third kappa shape index (κ3) is 4.30. The van der Waals surface area contributed by atoms with E-state index in [2.05, 4.69) is 5.32 Å². The monoisotopic (exact) mass is 408 g/mol. The Hall–Kier alpha value is -3.74. The van der Waals surface area contributed by atoms with Crippen LogP contribution in [0.3, 0.4) is 0 Å².